The fraction of sp³-hybridized carbons (Fsp3) is 0.128. The molecule has 0 bridgehead atoms. The summed E-state index contributed by atoms with van der Waals surface area (Å²) in [7, 11) is -8.44. The lowest BCUT2D eigenvalue weighted by Crippen LogP contribution is -2.25. The average Bonchev–Trinajstić information content (AvgIpc) is 1.39. The Hall–Kier alpha value is -14.6. The Labute approximate surface area is 680 Å². The number of nitrogens with two attached hydrogens (primary N) is 3. The SMILES string of the molecule is CCOP(C)(=O)Oc1cc(F)cc(-c2nn(Cc3cc4cccc(C)c4c(=O)n3-c3ccccc3C)c3ncnc(N)c23)c1.Cc1cccc2cc(Cn3nc(-c4cn[nH]c4)c4c(N)ncnc43)n(-c3ccccc3)c(=O)c12.Cc1ccccc1-n1c(Cn2nc(-c3cc(F)cc(OP(=O)(O)O)c3)c3c(N)ncnc32)cc2cccc(C)c2c1=O. The number of phosphoric acid groups is 1. The first-order valence-electron chi connectivity index (χ1n) is 37.5. The topological polar surface area (TPSA) is 406 Å². The highest BCUT2D eigenvalue weighted by Crippen LogP contribution is 2.46. The van der Waals surface area contributed by atoms with Gasteiger partial charge in [-0.05, 0) is 152 Å². The standard InChI is InChI=1S/C32H30FN6O4P.C29H24FN6O5P.C25H20N8O/c1-5-42-44(4,41)43-25-15-22(13-23(33)16-25)29-28-30(34)35-18-36-31(28)38(37-29)17-24-14-21-11-8-10-20(3)27(21)32(40)39(24)26-12-7-6-9-19(26)2;1-16-6-3-4-9-23(16)36-21(11-18-8-5-7-17(2)24(18)29(36)37)14-35-28-25(27(31)32-15-33-28)26(34-35)19-10-20(30)13-22(12-19)41-42(38,39)40;1-15-6-5-7-16-10-19(33(25(34)20(15)16)18-8-3-2-4-9-18)13-32-24-21(23(26)27-14-28-24)22(31-32)17-11-29-30-12-17/h6-16,18H,5,17H2,1-4H3,(H2,34,35,36);3-13,15H,14H2,1-2H3,(H2,31,32,33)(H2,38,39,40);2-12,14H,13H2,1H3,(H,29,30)(H2,26,27,28). The van der Waals surface area contributed by atoms with Crippen molar-refractivity contribution in [3.05, 3.63) is 307 Å². The number of rotatable bonds is 18. The van der Waals surface area contributed by atoms with Gasteiger partial charge in [0.1, 0.15) is 76.7 Å². The summed E-state index contributed by atoms with van der Waals surface area (Å²) in [6, 6.07) is 55.1. The zero-order valence-electron chi connectivity index (χ0n) is 65.3. The van der Waals surface area contributed by atoms with Crippen molar-refractivity contribution in [3.63, 3.8) is 0 Å². The van der Waals surface area contributed by atoms with Gasteiger partial charge in [0.05, 0.1) is 76.1 Å². The fourth-order valence-electron chi connectivity index (χ4n) is 15.1. The molecule has 120 heavy (non-hydrogen) atoms. The number of aromatic nitrogens is 17. The summed E-state index contributed by atoms with van der Waals surface area (Å²) in [6.07, 6.45) is 7.44. The number of H-pyrrole nitrogens is 1. The normalized spacial score (nSPS) is 12.1. The molecule has 0 saturated carbocycles. The van der Waals surface area contributed by atoms with Gasteiger partial charge in [0, 0.05) is 64.5 Å². The zero-order chi connectivity index (χ0) is 84.2. The van der Waals surface area contributed by atoms with Gasteiger partial charge >= 0.3 is 15.4 Å². The van der Waals surface area contributed by atoms with Crippen molar-refractivity contribution in [3.8, 4) is 62.3 Å². The van der Waals surface area contributed by atoms with Crippen LogP contribution in [0.3, 0.4) is 0 Å². The number of hydrogen-bond donors (Lipinski definition) is 6. The van der Waals surface area contributed by atoms with E-state index < -0.39 is 32.8 Å². The lowest BCUT2D eigenvalue weighted by molar-refractivity contribution is 0.282. The molecule has 8 aromatic carbocycles. The third-order valence-corrected chi connectivity index (χ3v) is 22.0. The number of aromatic amines is 1. The van der Waals surface area contributed by atoms with Crippen LogP contribution in [0.25, 0.3) is 116 Å². The summed E-state index contributed by atoms with van der Waals surface area (Å²) >= 11 is 0. The summed E-state index contributed by atoms with van der Waals surface area (Å²) in [4.78, 5) is 86.0. The quantitative estimate of drug-likeness (QED) is 0.0435. The molecular weight excluding hydrogens is 1570 g/mol. The summed E-state index contributed by atoms with van der Waals surface area (Å²) in [5.41, 5.74) is 30.7. The molecule has 1 atom stereocenters. The van der Waals surface area contributed by atoms with Crippen LogP contribution in [0.15, 0.2) is 234 Å². The van der Waals surface area contributed by atoms with Crippen LogP contribution in [0.4, 0.5) is 26.2 Å². The van der Waals surface area contributed by atoms with Crippen molar-refractivity contribution < 1.29 is 41.3 Å². The van der Waals surface area contributed by atoms with E-state index in [1.165, 1.54) is 48.5 Å². The van der Waals surface area contributed by atoms with Gasteiger partial charge in [0.2, 0.25) is 0 Å². The van der Waals surface area contributed by atoms with Gasteiger partial charge in [-0.3, -0.25) is 43.0 Å². The zero-order valence-corrected chi connectivity index (χ0v) is 67.1. The second kappa shape index (κ2) is 32.2. The molecule has 602 valence electrons. The Bertz CT molecular complexity index is 7410. The highest BCUT2D eigenvalue weighted by molar-refractivity contribution is 7.53. The Morgan fingerprint density at radius 1 is 0.433 bits per heavy atom. The molecule has 10 heterocycles. The van der Waals surface area contributed by atoms with Crippen molar-refractivity contribution in [1.82, 2.24) is 83.1 Å². The summed E-state index contributed by atoms with van der Waals surface area (Å²) in [5, 5.41) is 26.9. The summed E-state index contributed by atoms with van der Waals surface area (Å²) in [5.74, 6) is -1.29. The minimum atomic E-state index is -4.96. The number of pyridine rings is 3. The van der Waals surface area contributed by atoms with E-state index in [4.69, 9.17) is 36.4 Å². The number of nitrogen functional groups attached to an aromatic ring is 3. The maximum absolute atomic E-state index is 14.9. The highest BCUT2D eigenvalue weighted by atomic mass is 31.2. The Balaban J connectivity index is 0.000000135. The predicted octanol–water partition coefficient (Wildman–Crippen LogP) is 14.5. The van der Waals surface area contributed by atoms with Gasteiger partial charge in [0.25, 0.3) is 16.7 Å². The van der Waals surface area contributed by atoms with E-state index in [1.807, 2.05) is 186 Å². The Morgan fingerprint density at radius 3 is 1.20 bits per heavy atom. The largest absolute Gasteiger partial charge is 0.524 e. The second-order valence-electron chi connectivity index (χ2n) is 28.4. The van der Waals surface area contributed by atoms with Crippen LogP contribution < -0.4 is 42.9 Å². The molecule has 18 rings (SSSR count). The first-order chi connectivity index (χ1) is 57.7. The third kappa shape index (κ3) is 15.5. The van der Waals surface area contributed by atoms with E-state index in [0.717, 1.165) is 84.8 Å². The number of aryl methyl sites for hydroxylation is 5. The Morgan fingerprint density at radius 2 is 0.808 bits per heavy atom. The first-order valence-corrected chi connectivity index (χ1v) is 41.0. The lowest BCUT2D eigenvalue weighted by Gasteiger charge is -2.17. The minimum Gasteiger partial charge on any atom is -0.424 e. The number of anilines is 3. The van der Waals surface area contributed by atoms with Crippen LogP contribution in [-0.4, -0.2) is 106 Å². The molecule has 0 aliphatic heterocycles. The van der Waals surface area contributed by atoms with Crippen molar-refractivity contribution >= 4 is 98.3 Å². The number of halogens is 2. The average molecular weight is 1650 g/mol. The van der Waals surface area contributed by atoms with Gasteiger partial charge in [-0.1, -0.05) is 109 Å². The fourth-order valence-corrected chi connectivity index (χ4v) is 16.5. The van der Waals surface area contributed by atoms with Crippen LogP contribution >= 0.6 is 15.4 Å². The number of para-hydroxylation sites is 3. The minimum absolute atomic E-state index is 0.00990. The smallest absolute Gasteiger partial charge is 0.424 e. The highest BCUT2D eigenvalue weighted by Gasteiger charge is 2.28. The monoisotopic (exact) mass is 1650 g/mol. The van der Waals surface area contributed by atoms with Gasteiger partial charge in [0.15, 0.2) is 16.9 Å². The molecule has 0 radical (unpaired) electrons. The van der Waals surface area contributed by atoms with Crippen LogP contribution in [0.1, 0.15) is 51.8 Å². The van der Waals surface area contributed by atoms with E-state index in [-0.39, 0.29) is 65.0 Å². The number of hydrogen-bond acceptors (Lipinski definition) is 21. The molecule has 9 N–H and O–H groups in total. The number of phosphoric ester groups is 1. The van der Waals surface area contributed by atoms with Crippen LogP contribution in [0.2, 0.25) is 0 Å². The van der Waals surface area contributed by atoms with Crippen molar-refractivity contribution in [2.75, 3.05) is 30.5 Å². The maximum atomic E-state index is 14.9. The molecule has 30 nitrogen and oxygen atoms in total. The van der Waals surface area contributed by atoms with E-state index in [1.54, 1.807) is 42.4 Å². The molecular formula is C86H74F2N20O10P2. The van der Waals surface area contributed by atoms with E-state index >= 15 is 0 Å². The number of benzene rings is 8. The summed E-state index contributed by atoms with van der Waals surface area (Å²) < 4.78 is 78.9. The van der Waals surface area contributed by atoms with E-state index in [9.17, 15) is 42.1 Å². The van der Waals surface area contributed by atoms with Gasteiger partial charge in [-0.25, -0.2) is 61.9 Å². The van der Waals surface area contributed by atoms with E-state index in [2.05, 4.69) is 49.7 Å². The lowest BCUT2D eigenvalue weighted by atomic mass is 10.1. The maximum Gasteiger partial charge on any atom is 0.524 e. The molecule has 0 aliphatic rings. The molecule has 1 unspecified atom stereocenters. The molecule has 0 amide bonds. The number of nitrogens with zero attached hydrogens (tertiary/aromatic N) is 16. The molecule has 18 aromatic rings. The predicted molar refractivity (Wildman–Crippen MR) is 456 cm³/mol. The number of nitrogens with one attached hydrogen (secondary N) is 1. The molecule has 10 aromatic heterocycles. The summed E-state index contributed by atoms with van der Waals surface area (Å²) in [6.45, 7) is 13.3. The molecule has 0 spiro atoms. The van der Waals surface area contributed by atoms with Crippen molar-refractivity contribution in [2.45, 2.75) is 61.2 Å². The molecule has 34 heteroatoms. The second-order valence-corrected chi connectivity index (χ2v) is 31.6. The van der Waals surface area contributed by atoms with Gasteiger partial charge in [-0.15, -0.1) is 0 Å². The molecule has 0 aliphatic carbocycles. The Kier molecular flexibility index (Phi) is 21.2. The van der Waals surface area contributed by atoms with Crippen LogP contribution in [-0.2, 0) is 33.3 Å². The van der Waals surface area contributed by atoms with E-state index in [0.29, 0.717) is 95.6 Å². The first kappa shape index (κ1) is 79.3. The van der Waals surface area contributed by atoms with Crippen molar-refractivity contribution in [2.24, 2.45) is 0 Å². The van der Waals surface area contributed by atoms with Gasteiger partial charge < -0.3 is 30.8 Å². The molecule has 0 fully saturated rings. The van der Waals surface area contributed by atoms with Crippen LogP contribution in [0.5, 0.6) is 11.5 Å². The molecule has 0 saturated heterocycles. The van der Waals surface area contributed by atoms with Crippen molar-refractivity contribution in [1.29, 1.82) is 0 Å². The van der Waals surface area contributed by atoms with Crippen LogP contribution in [0, 0.1) is 46.3 Å². The number of fused-ring (bicyclic) bond motifs is 6. The van der Waals surface area contributed by atoms with Gasteiger partial charge in [-0.2, -0.15) is 20.4 Å². The third-order valence-electron chi connectivity index (χ3n) is 20.3.